The number of ether oxygens (including phenoxy) is 1. The van der Waals surface area contributed by atoms with E-state index in [-0.39, 0.29) is 5.41 Å². The zero-order valence-electron chi connectivity index (χ0n) is 10.9. The Labute approximate surface area is 110 Å². The number of rotatable bonds is 4. The Morgan fingerprint density at radius 2 is 2.24 bits per heavy atom. The molecule has 98 valence electrons. The van der Waals surface area contributed by atoms with Crippen LogP contribution in [0.2, 0.25) is 0 Å². The van der Waals surface area contributed by atoms with E-state index in [1.54, 1.807) is 0 Å². The number of hydrogen-bond acceptors (Lipinski definition) is 3. The third-order valence-electron chi connectivity index (χ3n) is 4.29. The van der Waals surface area contributed by atoms with Gasteiger partial charge in [-0.1, -0.05) is 26.1 Å². The van der Waals surface area contributed by atoms with Gasteiger partial charge < -0.3 is 10.5 Å². The summed E-state index contributed by atoms with van der Waals surface area (Å²) in [6, 6.07) is 0.644. The molecule has 2 fully saturated rings. The van der Waals surface area contributed by atoms with Gasteiger partial charge in [-0.25, -0.2) is 0 Å². The second-order valence-corrected chi connectivity index (χ2v) is 6.38. The van der Waals surface area contributed by atoms with Gasteiger partial charge in [0.15, 0.2) is 0 Å². The summed E-state index contributed by atoms with van der Waals surface area (Å²) in [5.74, 6) is 0. The van der Waals surface area contributed by atoms with Crippen molar-refractivity contribution in [3.63, 3.8) is 0 Å². The average molecular weight is 256 g/mol. The Morgan fingerprint density at radius 3 is 2.94 bits per heavy atom. The van der Waals surface area contributed by atoms with Crippen LogP contribution in [0.1, 0.15) is 39.5 Å². The summed E-state index contributed by atoms with van der Waals surface area (Å²) >= 11 is 5.13. The Balaban J connectivity index is 1.88. The van der Waals surface area contributed by atoms with Crippen LogP contribution in [0.4, 0.5) is 0 Å². The highest BCUT2D eigenvalue weighted by atomic mass is 32.1. The van der Waals surface area contributed by atoms with Crippen molar-refractivity contribution in [3.05, 3.63) is 0 Å². The average Bonchev–Trinajstić information content (AvgIpc) is 2.74. The van der Waals surface area contributed by atoms with Crippen LogP contribution in [0.3, 0.4) is 0 Å². The number of morpholine rings is 1. The quantitative estimate of drug-likeness (QED) is 0.780. The molecule has 2 aliphatic rings. The van der Waals surface area contributed by atoms with Gasteiger partial charge in [0, 0.05) is 18.0 Å². The largest absolute Gasteiger partial charge is 0.393 e. The van der Waals surface area contributed by atoms with Gasteiger partial charge in [-0.3, -0.25) is 4.90 Å². The lowest BCUT2D eigenvalue weighted by atomic mass is 9.89. The first-order chi connectivity index (χ1) is 8.00. The van der Waals surface area contributed by atoms with E-state index in [1.807, 2.05) is 0 Å². The third-order valence-corrected chi connectivity index (χ3v) is 4.84. The molecule has 1 heterocycles. The number of fused-ring (bicyclic) bond motifs is 1. The molecule has 0 amide bonds. The fraction of sp³-hybridized carbons (Fsp3) is 0.923. The lowest BCUT2D eigenvalue weighted by Gasteiger charge is -2.39. The molecule has 0 spiro atoms. The molecular formula is C13H24N2OS. The van der Waals surface area contributed by atoms with Crippen molar-refractivity contribution in [1.82, 2.24) is 4.90 Å². The van der Waals surface area contributed by atoms with Crippen LogP contribution in [0.25, 0.3) is 0 Å². The summed E-state index contributed by atoms with van der Waals surface area (Å²) in [4.78, 5) is 3.22. The number of nitrogens with zero attached hydrogens (tertiary/aromatic N) is 1. The van der Waals surface area contributed by atoms with Crippen LogP contribution in [-0.4, -0.2) is 41.7 Å². The van der Waals surface area contributed by atoms with E-state index in [2.05, 4.69) is 18.7 Å². The second kappa shape index (κ2) is 5.21. The van der Waals surface area contributed by atoms with Gasteiger partial charge in [-0.15, -0.1) is 0 Å². The van der Waals surface area contributed by atoms with Crippen molar-refractivity contribution in [2.45, 2.75) is 51.7 Å². The van der Waals surface area contributed by atoms with Crippen LogP contribution in [0.15, 0.2) is 0 Å². The molecule has 0 bridgehead atoms. The molecule has 17 heavy (non-hydrogen) atoms. The third kappa shape index (κ3) is 2.98. The van der Waals surface area contributed by atoms with E-state index >= 15 is 0 Å². The van der Waals surface area contributed by atoms with Crippen LogP contribution in [0, 0.1) is 5.41 Å². The molecule has 0 radical (unpaired) electrons. The fourth-order valence-electron chi connectivity index (χ4n) is 2.83. The van der Waals surface area contributed by atoms with E-state index in [0.717, 1.165) is 26.1 Å². The normalized spacial score (nSPS) is 30.2. The lowest BCUT2D eigenvalue weighted by molar-refractivity contribution is -0.0572. The first-order valence-corrected chi connectivity index (χ1v) is 7.07. The van der Waals surface area contributed by atoms with Gasteiger partial charge in [-0.05, 0) is 32.2 Å². The molecule has 1 saturated heterocycles. The van der Waals surface area contributed by atoms with E-state index in [0.29, 0.717) is 17.1 Å². The minimum absolute atomic E-state index is 0.0261. The Kier molecular flexibility index (Phi) is 4.06. The SMILES string of the molecule is CC(C)(CCN1CCOC2CCCC21)C(N)=S. The Morgan fingerprint density at radius 1 is 1.47 bits per heavy atom. The minimum Gasteiger partial charge on any atom is -0.393 e. The summed E-state index contributed by atoms with van der Waals surface area (Å²) in [5.41, 5.74) is 5.75. The molecule has 3 nitrogen and oxygen atoms in total. The molecule has 0 aromatic heterocycles. The maximum Gasteiger partial charge on any atom is 0.0784 e. The molecule has 2 N–H and O–H groups in total. The molecule has 2 atom stereocenters. The van der Waals surface area contributed by atoms with Gasteiger partial charge in [0.1, 0.15) is 0 Å². The molecule has 1 aliphatic heterocycles. The van der Waals surface area contributed by atoms with E-state index < -0.39 is 0 Å². The summed E-state index contributed by atoms with van der Waals surface area (Å²) in [5, 5.41) is 0. The second-order valence-electron chi connectivity index (χ2n) is 5.94. The van der Waals surface area contributed by atoms with Crippen LogP contribution >= 0.6 is 12.2 Å². The molecule has 2 unspecified atom stereocenters. The molecule has 1 aliphatic carbocycles. The van der Waals surface area contributed by atoms with Crippen molar-refractivity contribution < 1.29 is 4.74 Å². The van der Waals surface area contributed by atoms with Gasteiger partial charge in [0.05, 0.1) is 17.7 Å². The standard InChI is InChI=1S/C13H24N2OS/c1-13(2,12(14)17)6-7-15-8-9-16-11-5-3-4-10(11)15/h10-11H,3-9H2,1-2H3,(H2,14,17). The molecule has 2 rings (SSSR count). The summed E-state index contributed by atoms with van der Waals surface area (Å²) in [6.45, 7) is 7.32. The molecule has 0 aromatic rings. The molecular weight excluding hydrogens is 232 g/mol. The van der Waals surface area contributed by atoms with E-state index in [4.69, 9.17) is 22.7 Å². The predicted octanol–water partition coefficient (Wildman–Crippen LogP) is 1.94. The van der Waals surface area contributed by atoms with E-state index in [9.17, 15) is 0 Å². The predicted molar refractivity (Wildman–Crippen MR) is 74.1 cm³/mol. The van der Waals surface area contributed by atoms with Crippen LogP contribution < -0.4 is 5.73 Å². The van der Waals surface area contributed by atoms with Crippen LogP contribution in [0.5, 0.6) is 0 Å². The van der Waals surface area contributed by atoms with Gasteiger partial charge in [-0.2, -0.15) is 0 Å². The molecule has 1 saturated carbocycles. The monoisotopic (exact) mass is 256 g/mol. The topological polar surface area (TPSA) is 38.5 Å². The maximum atomic E-state index is 5.82. The smallest absolute Gasteiger partial charge is 0.0784 e. The van der Waals surface area contributed by atoms with Crippen molar-refractivity contribution in [2.24, 2.45) is 11.1 Å². The van der Waals surface area contributed by atoms with Gasteiger partial charge >= 0.3 is 0 Å². The minimum atomic E-state index is -0.0261. The lowest BCUT2D eigenvalue weighted by Crippen LogP contribution is -2.49. The fourth-order valence-corrected chi connectivity index (χ4v) is 2.93. The van der Waals surface area contributed by atoms with Crippen molar-refractivity contribution >= 4 is 17.2 Å². The van der Waals surface area contributed by atoms with Crippen molar-refractivity contribution in [3.8, 4) is 0 Å². The van der Waals surface area contributed by atoms with Gasteiger partial charge in [0.25, 0.3) is 0 Å². The summed E-state index contributed by atoms with van der Waals surface area (Å²) in [6.07, 6.45) is 5.37. The number of nitrogens with two attached hydrogens (primary N) is 1. The molecule has 4 heteroatoms. The zero-order valence-corrected chi connectivity index (χ0v) is 11.8. The van der Waals surface area contributed by atoms with E-state index in [1.165, 1.54) is 19.3 Å². The van der Waals surface area contributed by atoms with Crippen molar-refractivity contribution in [1.29, 1.82) is 0 Å². The highest BCUT2D eigenvalue weighted by molar-refractivity contribution is 7.80. The zero-order chi connectivity index (χ0) is 12.5. The highest BCUT2D eigenvalue weighted by Gasteiger charge is 2.36. The summed E-state index contributed by atoms with van der Waals surface area (Å²) < 4.78 is 5.82. The maximum absolute atomic E-state index is 5.82. The Hall–Kier alpha value is -0.190. The first-order valence-electron chi connectivity index (χ1n) is 6.66. The highest BCUT2D eigenvalue weighted by Crippen LogP contribution is 2.31. The number of hydrogen-bond donors (Lipinski definition) is 1. The van der Waals surface area contributed by atoms with Crippen LogP contribution in [-0.2, 0) is 4.74 Å². The number of thiocarbonyl (C=S) groups is 1. The van der Waals surface area contributed by atoms with Gasteiger partial charge in [0.2, 0.25) is 0 Å². The summed E-state index contributed by atoms with van der Waals surface area (Å²) in [7, 11) is 0. The Bertz CT molecular complexity index is 293. The first kappa shape index (κ1) is 13.2. The molecule has 0 aromatic carbocycles. The van der Waals surface area contributed by atoms with Crippen molar-refractivity contribution in [2.75, 3.05) is 19.7 Å².